The molecular formula is C21H27NO. The summed E-state index contributed by atoms with van der Waals surface area (Å²) in [4.78, 5) is 0. The minimum Gasteiger partial charge on any atom is -0.497 e. The highest BCUT2D eigenvalue weighted by molar-refractivity contribution is 5.47. The molecule has 0 radical (unpaired) electrons. The van der Waals surface area contributed by atoms with E-state index >= 15 is 0 Å². The normalized spacial score (nSPS) is 18.0. The zero-order valence-corrected chi connectivity index (χ0v) is 14.4. The Hall–Kier alpha value is -1.80. The first kappa shape index (κ1) is 16.1. The van der Waals surface area contributed by atoms with Crippen molar-refractivity contribution in [1.82, 2.24) is 0 Å². The second-order valence-corrected chi connectivity index (χ2v) is 6.96. The fourth-order valence-electron chi connectivity index (χ4n) is 3.60. The average Bonchev–Trinajstić information content (AvgIpc) is 2.72. The number of hydrogen-bond acceptors (Lipinski definition) is 2. The van der Waals surface area contributed by atoms with Gasteiger partial charge in [0, 0.05) is 12.0 Å². The second kappa shape index (κ2) is 6.76. The van der Waals surface area contributed by atoms with Crippen LogP contribution in [0, 0.1) is 5.92 Å². The fourth-order valence-corrected chi connectivity index (χ4v) is 3.60. The van der Waals surface area contributed by atoms with E-state index in [0.717, 1.165) is 25.0 Å². The molecule has 0 aromatic heterocycles. The van der Waals surface area contributed by atoms with Gasteiger partial charge in [-0.3, -0.25) is 0 Å². The third-order valence-electron chi connectivity index (χ3n) is 5.18. The van der Waals surface area contributed by atoms with E-state index in [1.54, 1.807) is 7.11 Å². The lowest BCUT2D eigenvalue weighted by Gasteiger charge is -2.26. The van der Waals surface area contributed by atoms with Crippen molar-refractivity contribution in [3.63, 3.8) is 0 Å². The van der Waals surface area contributed by atoms with Gasteiger partial charge in [0.2, 0.25) is 0 Å². The molecule has 0 fully saturated rings. The summed E-state index contributed by atoms with van der Waals surface area (Å²) in [5.74, 6) is 1.82. The zero-order valence-electron chi connectivity index (χ0n) is 14.4. The van der Waals surface area contributed by atoms with Crippen LogP contribution in [0.3, 0.4) is 0 Å². The number of benzene rings is 2. The third-order valence-corrected chi connectivity index (χ3v) is 5.18. The number of aryl methyl sites for hydroxylation is 2. The molecule has 3 rings (SSSR count). The lowest BCUT2D eigenvalue weighted by atomic mass is 9.81. The van der Waals surface area contributed by atoms with Gasteiger partial charge < -0.3 is 10.5 Å². The maximum Gasteiger partial charge on any atom is 0.119 e. The maximum absolute atomic E-state index is 6.44. The van der Waals surface area contributed by atoms with Gasteiger partial charge in [-0.25, -0.2) is 0 Å². The van der Waals surface area contributed by atoms with Crippen molar-refractivity contribution in [3.05, 3.63) is 64.7 Å². The van der Waals surface area contributed by atoms with Gasteiger partial charge in [0.05, 0.1) is 7.11 Å². The molecule has 2 heteroatoms. The van der Waals surface area contributed by atoms with Crippen LogP contribution < -0.4 is 10.5 Å². The van der Waals surface area contributed by atoms with E-state index in [9.17, 15) is 0 Å². The predicted molar refractivity (Wildman–Crippen MR) is 96.1 cm³/mol. The number of hydrogen-bond donors (Lipinski definition) is 1. The average molecular weight is 309 g/mol. The van der Waals surface area contributed by atoms with Crippen LogP contribution in [0.2, 0.25) is 0 Å². The molecule has 0 amide bonds. The van der Waals surface area contributed by atoms with E-state index in [-0.39, 0.29) is 6.04 Å². The van der Waals surface area contributed by atoms with Crippen molar-refractivity contribution in [2.45, 2.75) is 45.1 Å². The van der Waals surface area contributed by atoms with E-state index in [0.29, 0.717) is 11.8 Å². The molecule has 2 N–H and O–H groups in total. The van der Waals surface area contributed by atoms with Crippen LogP contribution >= 0.6 is 0 Å². The summed E-state index contributed by atoms with van der Waals surface area (Å²) in [5.41, 5.74) is 12.2. The summed E-state index contributed by atoms with van der Waals surface area (Å²) in [6.07, 6.45) is 3.15. The van der Waals surface area contributed by atoms with Gasteiger partial charge in [-0.15, -0.1) is 0 Å². The third kappa shape index (κ3) is 3.28. The van der Waals surface area contributed by atoms with Crippen LogP contribution in [0.1, 0.15) is 48.4 Å². The van der Waals surface area contributed by atoms with E-state index in [2.05, 4.69) is 56.3 Å². The molecule has 1 aliphatic carbocycles. The highest BCUT2D eigenvalue weighted by Crippen LogP contribution is 2.38. The van der Waals surface area contributed by atoms with E-state index in [1.807, 2.05) is 0 Å². The summed E-state index contributed by atoms with van der Waals surface area (Å²) in [5, 5.41) is 0. The Morgan fingerprint density at radius 2 is 1.74 bits per heavy atom. The van der Waals surface area contributed by atoms with Gasteiger partial charge in [0.25, 0.3) is 0 Å². The standard InChI is InChI=1S/C21H27NO/c1-14(2)21(22)13-20-18-7-5-4-6-15(18)8-9-16-12-17(23-3)10-11-19(16)20/h4-7,10-12,14,20-21H,8-9,13,22H2,1-3H3. The molecule has 2 aromatic carbocycles. The number of rotatable bonds is 4. The van der Waals surface area contributed by atoms with Crippen LogP contribution in [-0.2, 0) is 12.8 Å². The Bertz CT molecular complexity index is 677. The Kier molecular flexibility index (Phi) is 4.72. The van der Waals surface area contributed by atoms with Crippen LogP contribution in [0.4, 0.5) is 0 Å². The first-order valence-electron chi connectivity index (χ1n) is 8.60. The Morgan fingerprint density at radius 1 is 1.04 bits per heavy atom. The summed E-state index contributed by atoms with van der Waals surface area (Å²) in [7, 11) is 1.74. The predicted octanol–water partition coefficient (Wildman–Crippen LogP) is 4.30. The summed E-state index contributed by atoms with van der Waals surface area (Å²) in [6, 6.07) is 15.6. The molecule has 0 aliphatic heterocycles. The van der Waals surface area contributed by atoms with Crippen LogP contribution in [0.5, 0.6) is 5.75 Å². The molecule has 0 saturated heterocycles. The van der Waals surface area contributed by atoms with Crippen molar-refractivity contribution < 1.29 is 4.74 Å². The molecular weight excluding hydrogens is 282 g/mol. The first-order chi connectivity index (χ1) is 11.1. The zero-order chi connectivity index (χ0) is 16.4. The Morgan fingerprint density at radius 3 is 2.48 bits per heavy atom. The molecule has 0 heterocycles. The number of nitrogens with two attached hydrogens (primary N) is 1. The molecule has 0 bridgehead atoms. The van der Waals surface area contributed by atoms with Gasteiger partial charge in [-0.2, -0.15) is 0 Å². The second-order valence-electron chi connectivity index (χ2n) is 6.96. The minimum atomic E-state index is 0.209. The monoisotopic (exact) mass is 309 g/mol. The lowest BCUT2D eigenvalue weighted by Crippen LogP contribution is -2.29. The van der Waals surface area contributed by atoms with Crippen LogP contribution in [0.25, 0.3) is 0 Å². The molecule has 23 heavy (non-hydrogen) atoms. The molecule has 2 nitrogen and oxygen atoms in total. The molecule has 0 spiro atoms. The highest BCUT2D eigenvalue weighted by atomic mass is 16.5. The van der Waals surface area contributed by atoms with Gasteiger partial charge in [-0.1, -0.05) is 44.2 Å². The number of methoxy groups -OCH3 is 1. The highest BCUT2D eigenvalue weighted by Gasteiger charge is 2.26. The maximum atomic E-state index is 6.44. The van der Waals surface area contributed by atoms with Crippen molar-refractivity contribution in [2.24, 2.45) is 11.7 Å². The van der Waals surface area contributed by atoms with E-state index < -0.39 is 0 Å². The van der Waals surface area contributed by atoms with E-state index in [1.165, 1.54) is 22.3 Å². The van der Waals surface area contributed by atoms with Crippen molar-refractivity contribution >= 4 is 0 Å². The number of fused-ring (bicyclic) bond motifs is 2. The molecule has 122 valence electrons. The van der Waals surface area contributed by atoms with Crippen LogP contribution in [-0.4, -0.2) is 13.2 Å². The fraction of sp³-hybridized carbons (Fsp3) is 0.429. The van der Waals surface area contributed by atoms with Gasteiger partial charge in [0.15, 0.2) is 0 Å². The lowest BCUT2D eigenvalue weighted by molar-refractivity contribution is 0.413. The number of ether oxygens (including phenoxy) is 1. The molecule has 0 saturated carbocycles. The summed E-state index contributed by atoms with van der Waals surface area (Å²) < 4.78 is 5.43. The van der Waals surface area contributed by atoms with Gasteiger partial charge >= 0.3 is 0 Å². The SMILES string of the molecule is COc1ccc2c(c1)CCc1ccccc1C2CC(N)C(C)C. The smallest absolute Gasteiger partial charge is 0.119 e. The van der Waals surface area contributed by atoms with Crippen LogP contribution in [0.15, 0.2) is 42.5 Å². The molecule has 2 atom stereocenters. The first-order valence-corrected chi connectivity index (χ1v) is 8.60. The topological polar surface area (TPSA) is 35.2 Å². The van der Waals surface area contributed by atoms with Crippen molar-refractivity contribution in [3.8, 4) is 5.75 Å². The van der Waals surface area contributed by atoms with Crippen molar-refractivity contribution in [2.75, 3.05) is 7.11 Å². The summed E-state index contributed by atoms with van der Waals surface area (Å²) in [6.45, 7) is 4.42. The van der Waals surface area contributed by atoms with Crippen molar-refractivity contribution in [1.29, 1.82) is 0 Å². The van der Waals surface area contributed by atoms with Gasteiger partial charge in [-0.05, 0) is 59.6 Å². The minimum absolute atomic E-state index is 0.209. The summed E-state index contributed by atoms with van der Waals surface area (Å²) >= 11 is 0. The van der Waals surface area contributed by atoms with Gasteiger partial charge in [0.1, 0.15) is 5.75 Å². The van der Waals surface area contributed by atoms with E-state index in [4.69, 9.17) is 10.5 Å². The molecule has 2 aromatic rings. The Labute approximate surface area is 139 Å². The quantitative estimate of drug-likeness (QED) is 0.914. The molecule has 1 aliphatic rings. The largest absolute Gasteiger partial charge is 0.497 e. The molecule has 2 unspecified atom stereocenters. The Balaban J connectivity index is 2.07.